The summed E-state index contributed by atoms with van der Waals surface area (Å²) in [5, 5.41) is 1.19. The molecule has 0 bridgehead atoms. The van der Waals surface area contributed by atoms with Crippen LogP contribution >= 0.6 is 12.2 Å². The fourth-order valence-corrected chi connectivity index (χ4v) is 0.275. The van der Waals surface area contributed by atoms with Crippen molar-refractivity contribution in [3.63, 3.8) is 0 Å². The van der Waals surface area contributed by atoms with E-state index in [9.17, 15) is 4.79 Å². The van der Waals surface area contributed by atoms with Gasteiger partial charge < -0.3 is 4.74 Å². The molecule has 0 radical (unpaired) electrons. The summed E-state index contributed by atoms with van der Waals surface area (Å²) >= 11 is 4.39. The van der Waals surface area contributed by atoms with Crippen LogP contribution in [0.15, 0.2) is 12.2 Å². The number of carbonyl (C=O) groups is 1. The van der Waals surface area contributed by atoms with E-state index in [1.54, 1.807) is 0 Å². The Bertz CT molecular complexity index is 128. The summed E-state index contributed by atoms with van der Waals surface area (Å²) in [6, 6.07) is 0. The number of thiocarbonyl (C=S) groups is 1. The van der Waals surface area contributed by atoms with Crippen molar-refractivity contribution in [3.8, 4) is 0 Å². The summed E-state index contributed by atoms with van der Waals surface area (Å²) in [5.41, 5.74) is 0.211. The highest BCUT2D eigenvalue weighted by atomic mass is 32.1. The van der Waals surface area contributed by atoms with Crippen LogP contribution in [0.25, 0.3) is 0 Å². The van der Waals surface area contributed by atoms with E-state index < -0.39 is 5.97 Å². The van der Waals surface area contributed by atoms with Gasteiger partial charge in [0.15, 0.2) is 0 Å². The van der Waals surface area contributed by atoms with Crippen molar-refractivity contribution in [2.75, 3.05) is 7.11 Å². The van der Waals surface area contributed by atoms with Gasteiger partial charge in [0.1, 0.15) is 0 Å². The first-order valence-electron chi connectivity index (χ1n) is 1.94. The SMILES string of the molecule is C=C(C=S)C(=O)OC. The Balaban J connectivity index is 3.82. The van der Waals surface area contributed by atoms with Gasteiger partial charge in [-0.2, -0.15) is 0 Å². The maximum absolute atomic E-state index is 10.3. The van der Waals surface area contributed by atoms with Crippen LogP contribution < -0.4 is 0 Å². The molecule has 0 aliphatic heterocycles. The fraction of sp³-hybridized carbons (Fsp3) is 0.200. The van der Waals surface area contributed by atoms with E-state index in [-0.39, 0.29) is 5.57 Å². The zero-order chi connectivity index (χ0) is 6.57. The average molecular weight is 130 g/mol. The standard InChI is InChI=1S/C5H6O2S/c1-4(3-8)5(6)7-2/h3H,1H2,2H3. The summed E-state index contributed by atoms with van der Waals surface area (Å²) in [7, 11) is 1.28. The third kappa shape index (κ3) is 1.84. The van der Waals surface area contributed by atoms with E-state index in [0.717, 1.165) is 0 Å². The van der Waals surface area contributed by atoms with Gasteiger partial charge >= 0.3 is 5.97 Å². The zero-order valence-corrected chi connectivity index (χ0v) is 5.33. The van der Waals surface area contributed by atoms with Crippen LogP contribution in [-0.4, -0.2) is 18.4 Å². The van der Waals surface area contributed by atoms with Crippen molar-refractivity contribution in [2.24, 2.45) is 0 Å². The Morgan fingerprint density at radius 3 is 2.50 bits per heavy atom. The number of rotatable bonds is 2. The molecule has 0 amide bonds. The molecule has 8 heavy (non-hydrogen) atoms. The Labute approximate surface area is 53.1 Å². The molecule has 0 heterocycles. The van der Waals surface area contributed by atoms with Crippen molar-refractivity contribution in [1.29, 1.82) is 0 Å². The number of esters is 1. The first-order valence-corrected chi connectivity index (χ1v) is 2.42. The van der Waals surface area contributed by atoms with Crippen molar-refractivity contribution < 1.29 is 9.53 Å². The zero-order valence-electron chi connectivity index (χ0n) is 4.51. The number of hydrogen-bond acceptors (Lipinski definition) is 3. The molecule has 0 aromatic rings. The monoisotopic (exact) mass is 130 g/mol. The Hall–Kier alpha value is -0.700. The van der Waals surface area contributed by atoms with Gasteiger partial charge in [-0.1, -0.05) is 18.8 Å². The molecule has 0 unspecified atom stereocenters. The lowest BCUT2D eigenvalue weighted by atomic mass is 10.4. The minimum Gasteiger partial charge on any atom is -0.465 e. The molecule has 0 N–H and O–H groups in total. The van der Waals surface area contributed by atoms with Gasteiger partial charge in [-0.05, 0) is 0 Å². The van der Waals surface area contributed by atoms with Gasteiger partial charge in [-0.25, -0.2) is 4.79 Å². The van der Waals surface area contributed by atoms with Crippen LogP contribution in [0.5, 0.6) is 0 Å². The second-order valence-electron chi connectivity index (χ2n) is 1.13. The van der Waals surface area contributed by atoms with Gasteiger partial charge in [0.2, 0.25) is 0 Å². The van der Waals surface area contributed by atoms with Crippen LogP contribution in [0.4, 0.5) is 0 Å². The van der Waals surface area contributed by atoms with E-state index in [2.05, 4.69) is 23.5 Å². The molecule has 0 saturated carbocycles. The van der Waals surface area contributed by atoms with Crippen LogP contribution in [-0.2, 0) is 9.53 Å². The van der Waals surface area contributed by atoms with Crippen LogP contribution in [0.1, 0.15) is 0 Å². The molecule has 0 fully saturated rings. The summed E-state index contributed by atoms with van der Waals surface area (Å²) < 4.78 is 4.27. The van der Waals surface area contributed by atoms with E-state index in [4.69, 9.17) is 0 Å². The Morgan fingerprint density at radius 1 is 1.88 bits per heavy atom. The van der Waals surface area contributed by atoms with Crippen molar-refractivity contribution in [1.82, 2.24) is 0 Å². The molecule has 0 atom stereocenters. The predicted molar refractivity (Wildman–Crippen MR) is 34.8 cm³/mol. The van der Waals surface area contributed by atoms with Crippen molar-refractivity contribution >= 4 is 23.6 Å². The lowest BCUT2D eigenvalue weighted by Gasteiger charge is -1.92. The summed E-state index contributed by atoms with van der Waals surface area (Å²) in [5.74, 6) is -0.472. The highest BCUT2D eigenvalue weighted by molar-refractivity contribution is 7.79. The summed E-state index contributed by atoms with van der Waals surface area (Å²) in [4.78, 5) is 10.3. The fourth-order valence-electron chi connectivity index (χ4n) is 0.179. The van der Waals surface area contributed by atoms with Crippen LogP contribution in [0.3, 0.4) is 0 Å². The van der Waals surface area contributed by atoms with E-state index >= 15 is 0 Å². The molecule has 44 valence electrons. The highest BCUT2D eigenvalue weighted by Gasteiger charge is 1.99. The van der Waals surface area contributed by atoms with Crippen molar-refractivity contribution in [3.05, 3.63) is 12.2 Å². The molecular weight excluding hydrogens is 124 g/mol. The maximum Gasteiger partial charge on any atom is 0.338 e. The lowest BCUT2D eigenvalue weighted by Crippen LogP contribution is -2.02. The van der Waals surface area contributed by atoms with Gasteiger partial charge in [0, 0.05) is 5.37 Å². The largest absolute Gasteiger partial charge is 0.465 e. The van der Waals surface area contributed by atoms with E-state index in [1.807, 2.05) is 0 Å². The predicted octanol–water partition coefficient (Wildman–Crippen LogP) is 0.715. The van der Waals surface area contributed by atoms with E-state index in [0.29, 0.717) is 0 Å². The number of methoxy groups -OCH3 is 1. The highest BCUT2D eigenvalue weighted by Crippen LogP contribution is 1.86. The Kier molecular flexibility index (Phi) is 3.03. The van der Waals surface area contributed by atoms with Gasteiger partial charge in [-0.3, -0.25) is 0 Å². The first kappa shape index (κ1) is 7.30. The molecule has 0 aliphatic rings. The molecule has 0 saturated heterocycles. The van der Waals surface area contributed by atoms with Gasteiger partial charge in [0.25, 0.3) is 0 Å². The molecule has 0 aromatic heterocycles. The molecule has 2 nitrogen and oxygen atoms in total. The minimum absolute atomic E-state index is 0.211. The van der Waals surface area contributed by atoms with E-state index in [1.165, 1.54) is 12.5 Å². The summed E-state index contributed by atoms with van der Waals surface area (Å²) in [6.07, 6.45) is 0. The summed E-state index contributed by atoms with van der Waals surface area (Å²) in [6.45, 7) is 3.31. The van der Waals surface area contributed by atoms with Gasteiger partial charge in [0.05, 0.1) is 12.7 Å². The second-order valence-corrected chi connectivity index (χ2v) is 1.37. The number of hydrogen-bond donors (Lipinski definition) is 0. The molecule has 0 spiro atoms. The molecule has 0 rings (SSSR count). The molecular formula is C5H6O2S. The number of carbonyl (C=O) groups excluding carboxylic acids is 1. The van der Waals surface area contributed by atoms with Crippen molar-refractivity contribution in [2.45, 2.75) is 0 Å². The first-order chi connectivity index (χ1) is 3.72. The second kappa shape index (κ2) is 3.32. The third-order valence-corrected chi connectivity index (χ3v) is 0.874. The van der Waals surface area contributed by atoms with Gasteiger partial charge in [-0.15, -0.1) is 0 Å². The third-order valence-electron chi connectivity index (χ3n) is 0.590. The molecule has 0 aromatic carbocycles. The topological polar surface area (TPSA) is 26.3 Å². The molecule has 0 aliphatic carbocycles. The Morgan fingerprint density at radius 2 is 2.38 bits per heavy atom. The molecule has 3 heteroatoms. The van der Waals surface area contributed by atoms with Crippen LogP contribution in [0.2, 0.25) is 0 Å². The maximum atomic E-state index is 10.3. The average Bonchev–Trinajstić information content (AvgIpc) is 1.84. The van der Waals surface area contributed by atoms with Crippen LogP contribution in [0, 0.1) is 0 Å². The normalized spacial score (nSPS) is 7.62. The minimum atomic E-state index is -0.472. The quantitative estimate of drug-likeness (QED) is 0.313. The smallest absolute Gasteiger partial charge is 0.338 e. The number of ether oxygens (including phenoxy) is 1. The lowest BCUT2D eigenvalue weighted by molar-refractivity contribution is -0.135.